The number of alkyl halides is 6. The van der Waals surface area contributed by atoms with Gasteiger partial charge in [0.15, 0.2) is 0 Å². The van der Waals surface area contributed by atoms with Crippen molar-refractivity contribution in [2.45, 2.75) is 31.7 Å². The third-order valence-corrected chi connectivity index (χ3v) is 6.44. The molecule has 1 aliphatic heterocycles. The Balaban J connectivity index is 1.66. The lowest BCUT2D eigenvalue weighted by molar-refractivity contribution is -0.140. The number of aryl methyl sites for hydroxylation is 1. The van der Waals surface area contributed by atoms with Gasteiger partial charge in [-0.05, 0) is 53.4 Å². The van der Waals surface area contributed by atoms with Crippen molar-refractivity contribution in [2.24, 2.45) is 0 Å². The van der Waals surface area contributed by atoms with Crippen LogP contribution in [-0.4, -0.2) is 22.9 Å². The molecule has 0 fully saturated rings. The third kappa shape index (κ3) is 5.41. The molecule has 2 amide bonds. The molecular formula is C27H18ClF6NO2. The van der Waals surface area contributed by atoms with E-state index < -0.39 is 42.2 Å². The molecule has 0 saturated heterocycles. The summed E-state index contributed by atoms with van der Waals surface area (Å²) in [6.07, 6.45) is -7.88. The van der Waals surface area contributed by atoms with Crippen molar-refractivity contribution in [1.82, 2.24) is 4.90 Å². The van der Waals surface area contributed by atoms with Crippen LogP contribution in [0.3, 0.4) is 0 Å². The number of hydrogen-bond acceptors (Lipinski definition) is 2. The van der Waals surface area contributed by atoms with Gasteiger partial charge < -0.3 is 0 Å². The van der Waals surface area contributed by atoms with Crippen LogP contribution in [0.1, 0.15) is 54.5 Å². The second kappa shape index (κ2) is 9.70. The molecule has 3 aromatic rings. The van der Waals surface area contributed by atoms with Crippen molar-refractivity contribution >= 4 is 29.5 Å². The number of carbonyl (C=O) groups excluding carboxylic acids is 2. The van der Waals surface area contributed by atoms with Crippen LogP contribution < -0.4 is 0 Å². The molecule has 37 heavy (non-hydrogen) atoms. The van der Waals surface area contributed by atoms with Gasteiger partial charge in [-0.15, -0.1) is 0 Å². The number of rotatable bonds is 5. The van der Waals surface area contributed by atoms with E-state index in [0.717, 1.165) is 18.2 Å². The highest BCUT2D eigenvalue weighted by molar-refractivity contribution is 6.31. The van der Waals surface area contributed by atoms with Crippen molar-refractivity contribution < 1.29 is 35.9 Å². The molecule has 0 N–H and O–H groups in total. The van der Waals surface area contributed by atoms with E-state index in [4.69, 9.17) is 11.6 Å². The topological polar surface area (TPSA) is 37.4 Å². The first kappa shape index (κ1) is 26.5. The Bertz CT molecular complexity index is 1380. The fourth-order valence-corrected chi connectivity index (χ4v) is 4.26. The minimum Gasteiger partial charge on any atom is -0.270 e. The average Bonchev–Trinajstić information content (AvgIpc) is 3.05. The number of halogens is 7. The number of benzene rings is 3. The van der Waals surface area contributed by atoms with E-state index in [1.165, 1.54) is 48.5 Å². The van der Waals surface area contributed by atoms with Gasteiger partial charge in [0, 0.05) is 5.02 Å². The summed E-state index contributed by atoms with van der Waals surface area (Å²) in [6, 6.07) is 12.7. The molecule has 10 heteroatoms. The standard InChI is InChI=1S/C27H18ClF6NO2/c1-15-6-9-17(13-23(15)28)21(26(29,30)31)11-8-16-7-10-18(22(12-16)27(32,33)34)14-35-24(36)19-4-2-3-5-20(19)25(35)37/h2-13,21H,14H2,1H3/b11-8+. The first-order valence-electron chi connectivity index (χ1n) is 10.9. The second-order valence-electron chi connectivity index (χ2n) is 8.54. The molecule has 192 valence electrons. The Morgan fingerprint density at radius 3 is 2.05 bits per heavy atom. The van der Waals surface area contributed by atoms with Crippen molar-refractivity contribution in [3.8, 4) is 0 Å². The molecule has 0 spiro atoms. The van der Waals surface area contributed by atoms with Crippen LogP contribution in [0, 0.1) is 6.92 Å². The van der Waals surface area contributed by atoms with Crippen molar-refractivity contribution in [2.75, 3.05) is 0 Å². The smallest absolute Gasteiger partial charge is 0.270 e. The van der Waals surface area contributed by atoms with Crippen LogP contribution in [0.5, 0.6) is 0 Å². The van der Waals surface area contributed by atoms with Crippen LogP contribution in [0.4, 0.5) is 26.3 Å². The molecule has 1 heterocycles. The minimum atomic E-state index is -4.88. The molecule has 0 saturated carbocycles. The van der Waals surface area contributed by atoms with Crippen molar-refractivity contribution in [1.29, 1.82) is 0 Å². The molecule has 0 bridgehead atoms. The van der Waals surface area contributed by atoms with Gasteiger partial charge in [0.2, 0.25) is 0 Å². The summed E-state index contributed by atoms with van der Waals surface area (Å²) in [6.45, 7) is 0.991. The van der Waals surface area contributed by atoms with E-state index in [1.54, 1.807) is 6.92 Å². The van der Waals surface area contributed by atoms with Crippen LogP contribution >= 0.6 is 11.6 Å². The molecule has 1 aliphatic rings. The van der Waals surface area contributed by atoms with Crippen LogP contribution in [-0.2, 0) is 12.7 Å². The third-order valence-electron chi connectivity index (χ3n) is 6.03. The van der Waals surface area contributed by atoms with Gasteiger partial charge in [-0.3, -0.25) is 14.5 Å². The quantitative estimate of drug-likeness (QED) is 0.246. The number of amides is 2. The predicted molar refractivity (Wildman–Crippen MR) is 126 cm³/mol. The van der Waals surface area contributed by atoms with Crippen molar-refractivity contribution in [3.05, 3.63) is 111 Å². The highest BCUT2D eigenvalue weighted by Crippen LogP contribution is 2.39. The number of nitrogens with zero attached hydrogens (tertiary/aromatic N) is 1. The van der Waals surface area contributed by atoms with Gasteiger partial charge in [0.1, 0.15) is 0 Å². The zero-order valence-corrected chi connectivity index (χ0v) is 19.9. The Labute approximate surface area is 213 Å². The molecule has 3 aromatic carbocycles. The minimum absolute atomic E-state index is 0.0926. The van der Waals surface area contributed by atoms with E-state index in [0.29, 0.717) is 16.5 Å². The summed E-state index contributed by atoms with van der Waals surface area (Å²) in [4.78, 5) is 25.9. The summed E-state index contributed by atoms with van der Waals surface area (Å²) >= 11 is 5.97. The van der Waals surface area contributed by atoms with Gasteiger partial charge in [-0.25, -0.2) is 0 Å². The maximum Gasteiger partial charge on any atom is 0.416 e. The lowest BCUT2D eigenvalue weighted by atomic mass is 9.95. The molecule has 0 radical (unpaired) electrons. The summed E-state index contributed by atoms with van der Waals surface area (Å²) in [5.74, 6) is -3.54. The highest BCUT2D eigenvalue weighted by atomic mass is 35.5. The number of fused-ring (bicyclic) bond motifs is 1. The lowest BCUT2D eigenvalue weighted by Crippen LogP contribution is -2.30. The summed E-state index contributed by atoms with van der Waals surface area (Å²) in [5.41, 5.74) is -1.04. The predicted octanol–water partition coefficient (Wildman–Crippen LogP) is 7.82. The van der Waals surface area contributed by atoms with E-state index in [1.807, 2.05) is 0 Å². The number of imide groups is 1. The Morgan fingerprint density at radius 1 is 0.892 bits per heavy atom. The highest BCUT2D eigenvalue weighted by Gasteiger charge is 2.40. The van der Waals surface area contributed by atoms with Crippen LogP contribution in [0.25, 0.3) is 6.08 Å². The molecule has 1 atom stereocenters. The first-order valence-corrected chi connectivity index (χ1v) is 11.3. The summed E-state index contributed by atoms with van der Waals surface area (Å²) in [7, 11) is 0. The fraction of sp³-hybridized carbons (Fsp3) is 0.185. The van der Waals surface area contributed by atoms with Crippen LogP contribution in [0.15, 0.2) is 66.7 Å². The molecule has 1 unspecified atom stereocenters. The molecule has 3 nitrogen and oxygen atoms in total. The lowest BCUT2D eigenvalue weighted by Gasteiger charge is -2.19. The summed E-state index contributed by atoms with van der Waals surface area (Å²) in [5, 5.41) is 0.136. The Kier molecular flexibility index (Phi) is 6.94. The first-order chi connectivity index (χ1) is 17.3. The molecule has 0 aromatic heterocycles. The number of allylic oxidation sites excluding steroid dienone is 1. The van der Waals surface area contributed by atoms with Crippen LogP contribution in [0.2, 0.25) is 5.02 Å². The van der Waals surface area contributed by atoms with E-state index in [2.05, 4.69) is 0 Å². The Hall–Kier alpha value is -3.59. The fourth-order valence-electron chi connectivity index (χ4n) is 4.07. The number of hydrogen-bond donors (Lipinski definition) is 0. The van der Waals surface area contributed by atoms with Gasteiger partial charge in [-0.1, -0.05) is 60.2 Å². The normalized spacial score (nSPS) is 15.0. The van der Waals surface area contributed by atoms with Gasteiger partial charge in [0.25, 0.3) is 11.8 Å². The van der Waals surface area contributed by atoms with E-state index in [-0.39, 0.29) is 32.8 Å². The Morgan fingerprint density at radius 2 is 1.51 bits per heavy atom. The van der Waals surface area contributed by atoms with Gasteiger partial charge in [0.05, 0.1) is 29.2 Å². The SMILES string of the molecule is Cc1ccc(C(/C=C/c2ccc(CN3C(=O)c4ccccc4C3=O)c(C(F)(F)F)c2)C(F)(F)F)cc1Cl. The van der Waals surface area contributed by atoms with E-state index in [9.17, 15) is 35.9 Å². The molecule has 4 rings (SSSR count). The second-order valence-corrected chi connectivity index (χ2v) is 8.95. The largest absolute Gasteiger partial charge is 0.416 e. The van der Waals surface area contributed by atoms with Gasteiger partial charge >= 0.3 is 12.4 Å². The maximum absolute atomic E-state index is 13.9. The number of carbonyl (C=O) groups is 2. The zero-order valence-electron chi connectivity index (χ0n) is 19.1. The van der Waals surface area contributed by atoms with E-state index >= 15 is 0 Å². The summed E-state index contributed by atoms with van der Waals surface area (Å²) < 4.78 is 82.9. The van der Waals surface area contributed by atoms with Crippen molar-refractivity contribution in [3.63, 3.8) is 0 Å². The van der Waals surface area contributed by atoms with Gasteiger partial charge in [-0.2, -0.15) is 26.3 Å². The maximum atomic E-state index is 13.9. The molecule has 0 aliphatic carbocycles. The molecular weight excluding hydrogens is 520 g/mol. The average molecular weight is 538 g/mol. The monoisotopic (exact) mass is 537 g/mol. The zero-order chi connectivity index (χ0) is 27.1.